The third-order valence-electron chi connectivity index (χ3n) is 15.9. The zero-order valence-corrected chi connectivity index (χ0v) is 38.4. The van der Waals surface area contributed by atoms with E-state index in [2.05, 4.69) is 69.9 Å². The molecule has 1 saturated carbocycles. The smallest absolute Gasteiger partial charge is 0.317 e. The lowest BCUT2D eigenvalue weighted by molar-refractivity contribution is -0.134. The lowest BCUT2D eigenvalue weighted by atomic mass is 9.84. The van der Waals surface area contributed by atoms with Gasteiger partial charge < -0.3 is 30.3 Å². The molecule has 68 heavy (non-hydrogen) atoms. The van der Waals surface area contributed by atoms with Gasteiger partial charge in [0.1, 0.15) is 23.0 Å². The zero-order valence-electron chi connectivity index (χ0n) is 38.4. The van der Waals surface area contributed by atoms with Gasteiger partial charge in [-0.05, 0) is 115 Å². The first kappa shape index (κ1) is 44.0. The monoisotopic (exact) mass is 918 g/mol. The van der Waals surface area contributed by atoms with E-state index in [9.17, 15) is 19.5 Å². The summed E-state index contributed by atoms with van der Waals surface area (Å²) in [7, 11) is 0. The van der Waals surface area contributed by atoms with E-state index in [1.165, 1.54) is 35.4 Å². The molecule has 4 saturated heterocycles. The fourth-order valence-electron chi connectivity index (χ4n) is 12.3. The molecule has 5 heterocycles. The number of anilines is 1. The third-order valence-corrected chi connectivity index (χ3v) is 15.9. The Hall–Kier alpha value is -6.52. The minimum Gasteiger partial charge on any atom is -0.508 e. The summed E-state index contributed by atoms with van der Waals surface area (Å²) in [6, 6.07) is 16.5. The molecule has 5 fully saturated rings. The Morgan fingerprint density at radius 3 is 2.51 bits per heavy atom. The van der Waals surface area contributed by atoms with Crippen LogP contribution in [0.1, 0.15) is 99.3 Å². The van der Waals surface area contributed by atoms with Crippen LogP contribution in [0.5, 0.6) is 11.5 Å². The van der Waals surface area contributed by atoms with Gasteiger partial charge in [0.05, 0.1) is 23.8 Å². The predicted octanol–water partition coefficient (Wildman–Crippen LogP) is 8.90. The summed E-state index contributed by atoms with van der Waals surface area (Å²) in [6.45, 7) is 7.59. The first-order valence-corrected chi connectivity index (χ1v) is 24.3. The van der Waals surface area contributed by atoms with Crippen molar-refractivity contribution in [2.24, 2.45) is 17.8 Å². The molecule has 4 aromatic carbocycles. The number of benzene rings is 4. The SMILES string of the molecule is C#Cc1c(F)ccc2cc(O)cc(-c3ncc4c(N5CC6CCC(C5)N6)cc(OCC5C[C@@H](NC(=O)N6CCC(c7ccc8c(c7)C(C)C=C8C7CCC(=O)NC7=O)CC6)CC5C)cc4c3F)c12. The van der Waals surface area contributed by atoms with Gasteiger partial charge in [0.25, 0.3) is 0 Å². The number of phenols is 1. The molecule has 0 radical (unpaired) electrons. The van der Waals surface area contributed by atoms with Crippen LogP contribution >= 0.6 is 0 Å². The molecule has 4 amide bonds. The number of carbonyl (C=O) groups excluding carboxylic acids is 3. The van der Waals surface area contributed by atoms with Gasteiger partial charge in [-0.25, -0.2) is 13.6 Å². The lowest BCUT2D eigenvalue weighted by Gasteiger charge is -2.35. The molecule has 13 heteroatoms. The first-order chi connectivity index (χ1) is 32.9. The number of ether oxygens (including phenoxy) is 1. The van der Waals surface area contributed by atoms with E-state index in [-0.39, 0.29) is 70.1 Å². The number of nitrogens with zero attached hydrogens (tertiary/aromatic N) is 3. The topological polar surface area (TPSA) is 136 Å². The number of halogens is 2. The highest BCUT2D eigenvalue weighted by Crippen LogP contribution is 2.45. The number of hydrogen-bond acceptors (Lipinski definition) is 8. The lowest BCUT2D eigenvalue weighted by Crippen LogP contribution is -2.51. The van der Waals surface area contributed by atoms with Crippen molar-refractivity contribution in [3.63, 3.8) is 0 Å². The number of carbonyl (C=O) groups is 3. The van der Waals surface area contributed by atoms with Crippen LogP contribution in [-0.4, -0.2) is 83.7 Å². The number of terminal acetylenes is 1. The average Bonchev–Trinajstić information content (AvgIpc) is 3.98. The number of phenolic OH excluding ortho intramolecular Hbond substituents is 1. The van der Waals surface area contributed by atoms with Crippen LogP contribution in [0.3, 0.4) is 0 Å². The molecule has 6 aliphatic rings. The minimum atomic E-state index is -0.618. The predicted molar refractivity (Wildman–Crippen MR) is 258 cm³/mol. The fourth-order valence-corrected chi connectivity index (χ4v) is 12.3. The molecular formula is C55H56F2N6O5. The number of fused-ring (bicyclic) bond motifs is 5. The summed E-state index contributed by atoms with van der Waals surface area (Å²) in [5.74, 6) is 1.82. The quantitative estimate of drug-likeness (QED) is 0.0896. The molecule has 6 unspecified atom stereocenters. The number of pyridine rings is 1. The largest absolute Gasteiger partial charge is 0.508 e. The van der Waals surface area contributed by atoms with Crippen molar-refractivity contribution in [1.82, 2.24) is 25.8 Å². The van der Waals surface area contributed by atoms with E-state index >= 15 is 8.78 Å². The first-order valence-electron chi connectivity index (χ1n) is 24.3. The normalized spacial score (nSPS) is 25.9. The summed E-state index contributed by atoms with van der Waals surface area (Å²) >= 11 is 0. The Bertz CT molecular complexity index is 2960. The number of aromatic nitrogens is 1. The van der Waals surface area contributed by atoms with Crippen molar-refractivity contribution in [2.75, 3.05) is 37.7 Å². The number of urea groups is 1. The summed E-state index contributed by atoms with van der Waals surface area (Å²) < 4.78 is 38.9. The third kappa shape index (κ3) is 8.00. The molecule has 4 N–H and O–H groups in total. The number of hydrogen-bond donors (Lipinski definition) is 4. The Morgan fingerprint density at radius 2 is 1.75 bits per heavy atom. The Labute approximate surface area is 394 Å². The van der Waals surface area contributed by atoms with Crippen molar-refractivity contribution in [2.45, 2.75) is 95.2 Å². The van der Waals surface area contributed by atoms with Crippen LogP contribution in [0.2, 0.25) is 0 Å². The van der Waals surface area contributed by atoms with Crippen molar-refractivity contribution >= 4 is 50.7 Å². The highest BCUT2D eigenvalue weighted by molar-refractivity contribution is 6.05. The Morgan fingerprint density at radius 1 is 0.956 bits per heavy atom. The van der Waals surface area contributed by atoms with Crippen molar-refractivity contribution < 1.29 is 33.0 Å². The van der Waals surface area contributed by atoms with E-state index in [1.54, 1.807) is 12.3 Å². The highest BCUT2D eigenvalue weighted by Gasteiger charge is 2.38. The summed E-state index contributed by atoms with van der Waals surface area (Å²) in [4.78, 5) is 47.1. The summed E-state index contributed by atoms with van der Waals surface area (Å²) in [6.07, 6.45) is 16.0. The summed E-state index contributed by atoms with van der Waals surface area (Å²) in [5.41, 5.74) is 5.57. The average molecular weight is 919 g/mol. The van der Waals surface area contributed by atoms with Gasteiger partial charge >= 0.3 is 6.03 Å². The molecule has 11 nitrogen and oxygen atoms in total. The second-order valence-electron chi connectivity index (χ2n) is 20.2. The van der Waals surface area contributed by atoms with Crippen molar-refractivity contribution in [1.29, 1.82) is 0 Å². The van der Waals surface area contributed by atoms with Gasteiger partial charge in [-0.15, -0.1) is 6.42 Å². The van der Waals surface area contributed by atoms with Crippen LogP contribution in [0, 0.1) is 41.7 Å². The highest BCUT2D eigenvalue weighted by atomic mass is 19.1. The molecule has 11 rings (SSSR count). The second-order valence-corrected chi connectivity index (χ2v) is 20.2. The van der Waals surface area contributed by atoms with E-state index in [0.717, 1.165) is 68.4 Å². The molecule has 2 aliphatic carbocycles. The maximum atomic E-state index is 17.2. The number of rotatable bonds is 8. The van der Waals surface area contributed by atoms with Gasteiger partial charge in [-0.3, -0.25) is 19.9 Å². The van der Waals surface area contributed by atoms with E-state index in [4.69, 9.17) is 11.2 Å². The number of imide groups is 1. The summed E-state index contributed by atoms with van der Waals surface area (Å²) in [5, 5.41) is 21.9. The maximum Gasteiger partial charge on any atom is 0.317 e. The maximum absolute atomic E-state index is 17.2. The van der Waals surface area contributed by atoms with Gasteiger partial charge in [0.15, 0.2) is 5.82 Å². The van der Waals surface area contributed by atoms with Gasteiger partial charge in [0, 0.05) is 90.6 Å². The van der Waals surface area contributed by atoms with E-state index < -0.39 is 11.6 Å². The number of allylic oxidation sites excluding steroid dienone is 1. The van der Waals surface area contributed by atoms with Crippen LogP contribution in [-0.2, 0) is 9.59 Å². The number of aromatic hydroxyl groups is 1. The van der Waals surface area contributed by atoms with Crippen LogP contribution < -0.4 is 25.6 Å². The van der Waals surface area contributed by atoms with E-state index in [1.807, 2.05) is 11.0 Å². The number of piperazine rings is 1. The van der Waals surface area contributed by atoms with Gasteiger partial charge in [-0.2, -0.15) is 0 Å². The molecule has 2 bridgehead atoms. The van der Waals surface area contributed by atoms with Crippen molar-refractivity contribution in [3.8, 4) is 35.1 Å². The standard InChI is InChI=1S/C55H56F2N6O5/c1-4-40-48(56)11-6-33-20-38(64)22-46(51(33)40)53-52(57)45-23-39(24-49(47(45)25-58-53)63-26-35-7-8-36(27-63)59-35)68-28-34-19-37(17-29(34)2)60-55(67)62-15-13-31(14-16-62)32-5-9-41-43(21-32)30(3)18-44(41)42-10-12-50(65)61-54(42)66/h1,5-6,9,11,18,20-25,29-31,34-37,42,59,64H,7-8,10,12-17,19,26-28H2,2-3H3,(H,60,67)(H,61,65,66)/t29?,30?,34?,35?,36?,37-,42?/m0/s1. The molecule has 7 atom stereocenters. The van der Waals surface area contributed by atoms with Crippen LogP contribution in [0.25, 0.3) is 38.4 Å². The molecule has 1 aromatic heterocycles. The molecule has 350 valence electrons. The number of nitrogens with one attached hydrogen (secondary N) is 3. The minimum absolute atomic E-state index is 0.00231. The number of piperidine rings is 2. The fraction of sp³-hybridized carbons (Fsp3) is 0.418. The second kappa shape index (κ2) is 17.5. The Kier molecular flexibility index (Phi) is 11.3. The Balaban J connectivity index is 0.766. The van der Waals surface area contributed by atoms with Crippen LogP contribution in [0.15, 0.2) is 66.9 Å². The van der Waals surface area contributed by atoms with Crippen molar-refractivity contribution in [3.05, 3.63) is 101 Å². The zero-order chi connectivity index (χ0) is 47.0. The number of likely N-dealkylation sites (tertiary alicyclic amines) is 1. The van der Waals surface area contributed by atoms with Gasteiger partial charge in [0.2, 0.25) is 11.8 Å². The molecule has 5 aromatic rings. The van der Waals surface area contributed by atoms with E-state index in [0.29, 0.717) is 77.8 Å². The molecule has 4 aliphatic heterocycles. The number of amides is 4. The molecule has 0 spiro atoms. The molecular weight excluding hydrogens is 863 g/mol. The van der Waals surface area contributed by atoms with Crippen LogP contribution in [0.4, 0.5) is 19.3 Å². The van der Waals surface area contributed by atoms with Gasteiger partial charge in [-0.1, -0.05) is 50.1 Å².